The summed E-state index contributed by atoms with van der Waals surface area (Å²) in [6, 6.07) is 7.79. The van der Waals surface area contributed by atoms with Crippen LogP contribution in [0.15, 0.2) is 28.6 Å². The van der Waals surface area contributed by atoms with Gasteiger partial charge in [0.1, 0.15) is 11.1 Å². The maximum atomic E-state index is 13.2. The molecular weight excluding hydrogens is 331 g/mol. The van der Waals surface area contributed by atoms with Gasteiger partial charge in [0.2, 0.25) is 0 Å². The molecule has 0 atom stereocenters. The van der Waals surface area contributed by atoms with Crippen LogP contribution >= 0.6 is 23.1 Å². The molecular formula is C14H8F3N3S2. The normalized spacial score (nSPS) is 11.0. The first-order valence-electron chi connectivity index (χ1n) is 6.03. The molecule has 2 rings (SSSR count). The molecule has 0 saturated heterocycles. The lowest BCUT2D eigenvalue weighted by molar-refractivity contribution is -0.138. The lowest BCUT2D eigenvalue weighted by atomic mass is 10.1. The Morgan fingerprint density at radius 2 is 2.09 bits per heavy atom. The van der Waals surface area contributed by atoms with Gasteiger partial charge in [-0.2, -0.15) is 23.7 Å². The van der Waals surface area contributed by atoms with E-state index < -0.39 is 17.3 Å². The predicted octanol–water partition coefficient (Wildman–Crippen LogP) is 4.71. The summed E-state index contributed by atoms with van der Waals surface area (Å²) in [4.78, 5) is 4.77. The van der Waals surface area contributed by atoms with Crippen LogP contribution in [-0.4, -0.2) is 10.7 Å². The van der Waals surface area contributed by atoms with Crippen LogP contribution in [0.5, 0.6) is 0 Å². The zero-order chi connectivity index (χ0) is 16.2. The topological polar surface area (TPSA) is 60.5 Å². The molecule has 22 heavy (non-hydrogen) atoms. The zero-order valence-corrected chi connectivity index (χ0v) is 12.6. The molecule has 0 unspecified atom stereocenters. The third kappa shape index (κ3) is 3.59. The Labute approximate surface area is 133 Å². The molecule has 112 valence electrons. The van der Waals surface area contributed by atoms with E-state index in [0.717, 1.165) is 17.8 Å². The summed E-state index contributed by atoms with van der Waals surface area (Å²) in [6.07, 6.45) is -4.47. The highest BCUT2D eigenvalue weighted by atomic mass is 32.2. The summed E-state index contributed by atoms with van der Waals surface area (Å²) in [5, 5.41) is 19.4. The number of hydrogen-bond acceptors (Lipinski definition) is 5. The van der Waals surface area contributed by atoms with Crippen molar-refractivity contribution in [1.82, 2.24) is 4.98 Å². The van der Waals surface area contributed by atoms with Crippen LogP contribution in [-0.2, 0) is 6.18 Å². The molecule has 0 aliphatic heterocycles. The number of thiophene rings is 1. The van der Waals surface area contributed by atoms with Gasteiger partial charge in [-0.1, -0.05) is 6.07 Å². The summed E-state index contributed by atoms with van der Waals surface area (Å²) < 4.78 is 39.6. The second-order valence-corrected chi connectivity index (χ2v) is 6.11. The number of aromatic nitrogens is 1. The van der Waals surface area contributed by atoms with Gasteiger partial charge in [0.25, 0.3) is 0 Å². The van der Waals surface area contributed by atoms with Crippen LogP contribution < -0.4 is 0 Å². The van der Waals surface area contributed by atoms with E-state index in [2.05, 4.69) is 4.98 Å². The van der Waals surface area contributed by atoms with Crippen molar-refractivity contribution >= 4 is 23.1 Å². The maximum absolute atomic E-state index is 13.2. The molecule has 0 radical (unpaired) electrons. The molecule has 2 aromatic rings. The van der Waals surface area contributed by atoms with Crippen LogP contribution in [0.2, 0.25) is 0 Å². The number of halogens is 3. The molecule has 3 nitrogen and oxygen atoms in total. The van der Waals surface area contributed by atoms with E-state index in [1.165, 1.54) is 11.3 Å². The number of thioether (sulfide) groups is 1. The molecule has 2 aromatic heterocycles. The molecule has 0 fully saturated rings. The summed E-state index contributed by atoms with van der Waals surface area (Å²) >= 11 is 2.26. The van der Waals surface area contributed by atoms with Crippen molar-refractivity contribution < 1.29 is 13.2 Å². The number of nitriles is 2. The number of nitrogens with zero attached hydrogens (tertiary/aromatic N) is 3. The number of hydrogen-bond donors (Lipinski definition) is 0. The molecule has 0 amide bonds. The monoisotopic (exact) mass is 339 g/mol. The van der Waals surface area contributed by atoms with E-state index in [4.69, 9.17) is 10.5 Å². The molecule has 0 saturated carbocycles. The van der Waals surface area contributed by atoms with Gasteiger partial charge in [0.05, 0.1) is 27.8 Å². The second-order valence-electron chi connectivity index (χ2n) is 4.08. The average Bonchev–Trinajstić information content (AvgIpc) is 3.00. The van der Waals surface area contributed by atoms with E-state index >= 15 is 0 Å². The van der Waals surface area contributed by atoms with Crippen molar-refractivity contribution in [1.29, 1.82) is 10.5 Å². The highest BCUT2D eigenvalue weighted by molar-refractivity contribution is 7.99. The first-order valence-corrected chi connectivity index (χ1v) is 7.90. The zero-order valence-electron chi connectivity index (χ0n) is 11.0. The van der Waals surface area contributed by atoms with Crippen LogP contribution in [0.25, 0.3) is 10.6 Å². The molecule has 2 heterocycles. The molecule has 0 aromatic carbocycles. The minimum Gasteiger partial charge on any atom is -0.239 e. The minimum atomic E-state index is -4.63. The quantitative estimate of drug-likeness (QED) is 0.598. The largest absolute Gasteiger partial charge is 0.417 e. The fourth-order valence-corrected chi connectivity index (χ4v) is 3.24. The maximum Gasteiger partial charge on any atom is 0.417 e. The van der Waals surface area contributed by atoms with Crippen LogP contribution in [0.1, 0.15) is 17.5 Å². The molecule has 0 spiro atoms. The van der Waals surface area contributed by atoms with E-state index in [-0.39, 0.29) is 22.9 Å². The standard InChI is InChI=1S/C14H8F3N3S2/c15-14(16,17)10-7-11(12-3-1-5-21-12)20-13(9(10)8-19)22-6-2-4-18/h1,3,5,7H,2,6H2. The Morgan fingerprint density at radius 1 is 1.32 bits per heavy atom. The summed E-state index contributed by atoms with van der Waals surface area (Å²) in [7, 11) is 0. The van der Waals surface area contributed by atoms with Crippen molar-refractivity contribution in [3.8, 4) is 22.7 Å². The van der Waals surface area contributed by atoms with E-state index in [1.807, 2.05) is 6.07 Å². The molecule has 0 bridgehead atoms. The summed E-state index contributed by atoms with van der Waals surface area (Å²) in [6.45, 7) is 0. The van der Waals surface area contributed by atoms with E-state index in [1.54, 1.807) is 23.6 Å². The Hall–Kier alpha value is -2.03. The minimum absolute atomic E-state index is 0.0102. The Morgan fingerprint density at radius 3 is 2.64 bits per heavy atom. The Kier molecular flexibility index (Phi) is 5.07. The first kappa shape index (κ1) is 16.3. The molecule has 0 aliphatic carbocycles. The van der Waals surface area contributed by atoms with Gasteiger partial charge in [-0.05, 0) is 17.5 Å². The summed E-state index contributed by atoms with van der Waals surface area (Å²) in [5.41, 5.74) is -1.30. The third-order valence-electron chi connectivity index (χ3n) is 2.63. The Balaban J connectivity index is 2.57. The fraction of sp³-hybridized carbons (Fsp3) is 0.214. The third-order valence-corrected chi connectivity index (χ3v) is 4.50. The summed E-state index contributed by atoms with van der Waals surface area (Å²) in [5.74, 6) is 0.281. The second kappa shape index (κ2) is 6.82. The average molecular weight is 339 g/mol. The van der Waals surface area contributed by atoms with Gasteiger partial charge in [-0.15, -0.1) is 23.1 Å². The van der Waals surface area contributed by atoms with Gasteiger partial charge in [0.15, 0.2) is 0 Å². The molecule has 8 heteroatoms. The molecule has 0 aliphatic rings. The van der Waals surface area contributed by atoms with Gasteiger partial charge in [-0.3, -0.25) is 0 Å². The van der Waals surface area contributed by atoms with Crippen molar-refractivity contribution in [3.63, 3.8) is 0 Å². The highest BCUT2D eigenvalue weighted by Gasteiger charge is 2.36. The number of pyridine rings is 1. The number of rotatable bonds is 4. The predicted molar refractivity (Wildman–Crippen MR) is 78.2 cm³/mol. The van der Waals surface area contributed by atoms with E-state index in [0.29, 0.717) is 4.88 Å². The van der Waals surface area contributed by atoms with Crippen molar-refractivity contribution in [2.45, 2.75) is 17.6 Å². The first-order chi connectivity index (χ1) is 10.5. The van der Waals surface area contributed by atoms with Crippen LogP contribution in [0.3, 0.4) is 0 Å². The van der Waals surface area contributed by atoms with Crippen molar-refractivity contribution in [2.75, 3.05) is 5.75 Å². The lowest BCUT2D eigenvalue weighted by Crippen LogP contribution is -2.10. The van der Waals surface area contributed by atoms with Gasteiger partial charge in [-0.25, -0.2) is 4.98 Å². The van der Waals surface area contributed by atoms with E-state index in [9.17, 15) is 13.2 Å². The number of alkyl halides is 3. The highest BCUT2D eigenvalue weighted by Crippen LogP contribution is 2.38. The van der Waals surface area contributed by atoms with Gasteiger partial charge >= 0.3 is 6.18 Å². The van der Waals surface area contributed by atoms with Crippen LogP contribution in [0, 0.1) is 22.7 Å². The van der Waals surface area contributed by atoms with Gasteiger partial charge < -0.3 is 0 Å². The Bertz CT molecular complexity index is 740. The van der Waals surface area contributed by atoms with Gasteiger partial charge in [0, 0.05) is 12.2 Å². The van der Waals surface area contributed by atoms with Crippen LogP contribution in [0.4, 0.5) is 13.2 Å². The SMILES string of the molecule is N#CCCSc1nc(-c2cccs2)cc(C(F)(F)F)c1C#N. The van der Waals surface area contributed by atoms with Crippen molar-refractivity contribution in [3.05, 3.63) is 34.7 Å². The smallest absolute Gasteiger partial charge is 0.239 e. The molecule has 0 N–H and O–H groups in total. The lowest BCUT2D eigenvalue weighted by Gasteiger charge is -2.13. The fourth-order valence-electron chi connectivity index (χ4n) is 1.70. The van der Waals surface area contributed by atoms with Crippen molar-refractivity contribution in [2.24, 2.45) is 0 Å².